The number of hydrogen-bond donors (Lipinski definition) is 1. The van der Waals surface area contributed by atoms with E-state index in [1.165, 1.54) is 24.9 Å². The molecule has 0 aromatic heterocycles. The van der Waals surface area contributed by atoms with Crippen LogP contribution in [0.3, 0.4) is 0 Å². The maximum absolute atomic E-state index is 8.64. The summed E-state index contributed by atoms with van der Waals surface area (Å²) in [6.45, 7) is 0. The normalized spacial score (nSPS) is 16.8. The summed E-state index contributed by atoms with van der Waals surface area (Å²) in [6, 6.07) is 0. The number of aliphatic hydroxyl groups excluding tert-OH is 1. The van der Waals surface area contributed by atoms with Crippen LogP contribution in [0.4, 0.5) is 0 Å². The summed E-state index contributed by atoms with van der Waals surface area (Å²) < 4.78 is 4.59. The van der Waals surface area contributed by atoms with Gasteiger partial charge in [-0.1, -0.05) is 0 Å². The average molecular weight is 111 g/mol. The summed E-state index contributed by atoms with van der Waals surface area (Å²) in [4.78, 5) is 3.60. The van der Waals surface area contributed by atoms with Crippen molar-refractivity contribution in [2.24, 2.45) is 4.99 Å². The smallest absolute Gasteiger partial charge is 0.169 e. The summed E-state index contributed by atoms with van der Waals surface area (Å²) in [5, 5.41) is 8.64. The molecule has 0 aromatic carbocycles. The first-order valence-electron chi connectivity index (χ1n) is 2.12. The van der Waals surface area contributed by atoms with E-state index in [9.17, 15) is 0 Å². The molecule has 1 rings (SSSR count). The highest BCUT2D eigenvalue weighted by Gasteiger charge is 1.85. The van der Waals surface area contributed by atoms with Crippen molar-refractivity contribution in [1.82, 2.24) is 0 Å². The Kier molecular flexibility index (Phi) is 1.32. The lowest BCUT2D eigenvalue weighted by atomic mass is 10.6. The highest BCUT2D eigenvalue weighted by atomic mass is 16.5. The van der Waals surface area contributed by atoms with Crippen molar-refractivity contribution in [2.75, 3.05) is 0 Å². The third-order valence-electron chi connectivity index (χ3n) is 0.621. The number of allylic oxidation sites excluding steroid dienone is 1. The Balaban J connectivity index is 2.69. The molecule has 0 fully saturated rings. The fourth-order valence-corrected chi connectivity index (χ4v) is 0.329. The molecule has 0 aromatic rings. The molecule has 3 heteroatoms. The number of nitrogens with zero attached hydrogens (tertiary/aromatic N) is 1. The molecular formula is C5H5NO2. The van der Waals surface area contributed by atoms with Gasteiger partial charge in [-0.25, -0.2) is 0 Å². The van der Waals surface area contributed by atoms with Crippen molar-refractivity contribution < 1.29 is 9.84 Å². The summed E-state index contributed by atoms with van der Waals surface area (Å²) in [6.07, 6.45) is 5.32. The lowest BCUT2D eigenvalue weighted by Crippen LogP contribution is -1.78. The van der Waals surface area contributed by atoms with Gasteiger partial charge in [0, 0.05) is 0 Å². The van der Waals surface area contributed by atoms with Crippen LogP contribution >= 0.6 is 0 Å². The predicted molar refractivity (Wildman–Crippen MR) is 29.4 cm³/mol. The van der Waals surface area contributed by atoms with Crippen LogP contribution in [-0.2, 0) is 4.74 Å². The minimum Gasteiger partial charge on any atom is -0.504 e. The van der Waals surface area contributed by atoms with Crippen LogP contribution < -0.4 is 0 Å². The van der Waals surface area contributed by atoms with Gasteiger partial charge in [0.25, 0.3) is 0 Å². The molecule has 1 aliphatic rings. The van der Waals surface area contributed by atoms with Crippen molar-refractivity contribution in [2.45, 2.75) is 0 Å². The highest BCUT2D eigenvalue weighted by Crippen LogP contribution is 1.91. The number of aliphatic hydroxyl groups is 1. The van der Waals surface area contributed by atoms with Crippen LogP contribution in [0.2, 0.25) is 0 Å². The standard InChI is InChI=1S/C5H5NO2/c7-5-3-6-1-2-8-4-5/h1-4,7H. The molecule has 0 bridgehead atoms. The maximum Gasteiger partial charge on any atom is 0.169 e. The lowest BCUT2D eigenvalue weighted by Gasteiger charge is -1.84. The topological polar surface area (TPSA) is 41.8 Å². The van der Waals surface area contributed by atoms with Crippen molar-refractivity contribution >= 4 is 6.21 Å². The Hall–Kier alpha value is -1.25. The van der Waals surface area contributed by atoms with E-state index in [0.29, 0.717) is 0 Å². The molecule has 1 N–H and O–H groups in total. The van der Waals surface area contributed by atoms with Crippen molar-refractivity contribution in [3.63, 3.8) is 0 Å². The second-order valence-corrected chi connectivity index (χ2v) is 1.24. The van der Waals surface area contributed by atoms with Gasteiger partial charge in [-0.15, -0.1) is 0 Å². The first kappa shape index (κ1) is 4.90. The largest absolute Gasteiger partial charge is 0.504 e. The van der Waals surface area contributed by atoms with Gasteiger partial charge in [-0.3, -0.25) is 4.99 Å². The van der Waals surface area contributed by atoms with E-state index in [0.717, 1.165) is 0 Å². The number of aliphatic imine (C=N–C) groups is 1. The van der Waals surface area contributed by atoms with Gasteiger partial charge in [0.1, 0.15) is 12.5 Å². The van der Waals surface area contributed by atoms with Gasteiger partial charge in [0.2, 0.25) is 0 Å². The van der Waals surface area contributed by atoms with Crippen LogP contribution in [-0.4, -0.2) is 11.3 Å². The average Bonchev–Trinajstić information content (AvgIpc) is 1.94. The number of hydrogen-bond acceptors (Lipinski definition) is 3. The first-order valence-corrected chi connectivity index (χ1v) is 2.12. The predicted octanol–water partition coefficient (Wildman–Crippen LogP) is 0.958. The van der Waals surface area contributed by atoms with Crippen LogP contribution in [0, 0.1) is 0 Å². The molecule has 0 radical (unpaired) electrons. The third-order valence-corrected chi connectivity index (χ3v) is 0.621. The van der Waals surface area contributed by atoms with E-state index < -0.39 is 0 Å². The van der Waals surface area contributed by atoms with Crippen LogP contribution in [0.5, 0.6) is 0 Å². The van der Waals surface area contributed by atoms with E-state index >= 15 is 0 Å². The molecule has 0 saturated carbocycles. The molecule has 0 aliphatic carbocycles. The number of ether oxygens (including phenoxy) is 1. The fourth-order valence-electron chi connectivity index (χ4n) is 0.329. The molecule has 0 spiro atoms. The Morgan fingerprint density at radius 3 is 3.38 bits per heavy atom. The van der Waals surface area contributed by atoms with Gasteiger partial charge < -0.3 is 9.84 Å². The minimum atomic E-state index is 0.0231. The molecule has 0 saturated heterocycles. The van der Waals surface area contributed by atoms with E-state index in [1.807, 2.05) is 0 Å². The van der Waals surface area contributed by atoms with E-state index in [4.69, 9.17) is 5.11 Å². The van der Waals surface area contributed by atoms with Crippen LogP contribution in [0.1, 0.15) is 0 Å². The summed E-state index contributed by atoms with van der Waals surface area (Å²) in [5.74, 6) is 0.0231. The molecule has 1 aliphatic heterocycles. The van der Waals surface area contributed by atoms with Crippen molar-refractivity contribution in [1.29, 1.82) is 0 Å². The maximum atomic E-state index is 8.64. The fraction of sp³-hybridized carbons (Fsp3) is 0. The zero-order valence-corrected chi connectivity index (χ0v) is 4.11. The molecule has 42 valence electrons. The monoisotopic (exact) mass is 111 g/mol. The van der Waals surface area contributed by atoms with E-state index in [1.54, 1.807) is 0 Å². The molecule has 0 unspecified atom stereocenters. The lowest BCUT2D eigenvalue weighted by molar-refractivity contribution is 0.357. The zero-order valence-electron chi connectivity index (χ0n) is 4.11. The molecule has 1 heterocycles. The van der Waals surface area contributed by atoms with Crippen molar-refractivity contribution in [3.8, 4) is 0 Å². The van der Waals surface area contributed by atoms with Gasteiger partial charge in [-0.2, -0.15) is 0 Å². The Morgan fingerprint density at radius 1 is 1.62 bits per heavy atom. The van der Waals surface area contributed by atoms with E-state index in [-0.39, 0.29) is 5.76 Å². The Morgan fingerprint density at radius 2 is 2.50 bits per heavy atom. The molecule has 8 heavy (non-hydrogen) atoms. The number of rotatable bonds is 0. The Labute approximate surface area is 46.6 Å². The van der Waals surface area contributed by atoms with Gasteiger partial charge in [0.05, 0.1) is 12.4 Å². The summed E-state index contributed by atoms with van der Waals surface area (Å²) >= 11 is 0. The molecular weight excluding hydrogens is 106 g/mol. The Bertz CT molecular complexity index is 155. The SMILES string of the molecule is OC1=COC=CN=C1. The van der Waals surface area contributed by atoms with Crippen LogP contribution in [0.25, 0.3) is 0 Å². The van der Waals surface area contributed by atoms with E-state index in [2.05, 4.69) is 9.73 Å². The van der Waals surface area contributed by atoms with Gasteiger partial charge in [-0.05, 0) is 0 Å². The molecule has 0 amide bonds. The quantitative estimate of drug-likeness (QED) is 0.505. The second kappa shape index (κ2) is 2.16. The van der Waals surface area contributed by atoms with Gasteiger partial charge in [0.15, 0.2) is 5.76 Å². The molecule has 3 nitrogen and oxygen atoms in total. The highest BCUT2D eigenvalue weighted by molar-refractivity contribution is 5.75. The summed E-state index contributed by atoms with van der Waals surface area (Å²) in [5.41, 5.74) is 0. The summed E-state index contributed by atoms with van der Waals surface area (Å²) in [7, 11) is 0. The third kappa shape index (κ3) is 1.11. The first-order chi connectivity index (χ1) is 3.89. The molecule has 0 atom stereocenters. The van der Waals surface area contributed by atoms with Crippen molar-refractivity contribution in [3.05, 3.63) is 24.5 Å². The van der Waals surface area contributed by atoms with Gasteiger partial charge >= 0.3 is 0 Å². The van der Waals surface area contributed by atoms with Crippen LogP contribution in [0.15, 0.2) is 29.5 Å². The minimum absolute atomic E-state index is 0.0231. The second-order valence-electron chi connectivity index (χ2n) is 1.24. The zero-order chi connectivity index (χ0) is 5.82.